The van der Waals surface area contributed by atoms with Crippen molar-refractivity contribution in [1.82, 2.24) is 19.7 Å². The molecule has 5 nitrogen and oxygen atoms in total. The van der Waals surface area contributed by atoms with Gasteiger partial charge in [-0.25, -0.2) is 4.98 Å². The Kier molecular flexibility index (Phi) is 4.82. The lowest BCUT2D eigenvalue weighted by Gasteiger charge is -2.10. The molecule has 0 atom stereocenters. The highest BCUT2D eigenvalue weighted by Crippen LogP contribution is 2.25. The van der Waals surface area contributed by atoms with E-state index in [9.17, 15) is 4.79 Å². The van der Waals surface area contributed by atoms with Gasteiger partial charge in [-0.2, -0.15) is 4.37 Å². The summed E-state index contributed by atoms with van der Waals surface area (Å²) in [5.74, 6) is 1.16. The van der Waals surface area contributed by atoms with Gasteiger partial charge in [0.1, 0.15) is 0 Å². The van der Waals surface area contributed by atoms with Gasteiger partial charge in [-0.3, -0.25) is 9.78 Å². The third-order valence-electron chi connectivity index (χ3n) is 3.37. The summed E-state index contributed by atoms with van der Waals surface area (Å²) < 4.78 is 5.12. The van der Waals surface area contributed by atoms with Gasteiger partial charge in [0.15, 0.2) is 10.2 Å². The maximum atomic E-state index is 11.9. The summed E-state index contributed by atoms with van der Waals surface area (Å²) in [4.78, 5) is 20.4. The van der Waals surface area contributed by atoms with Crippen LogP contribution in [0.1, 0.15) is 25.7 Å². The SMILES string of the molecule is O=C(CSc1nc(-c2cccnc2)ns1)NC1CCCC1. The van der Waals surface area contributed by atoms with E-state index in [1.165, 1.54) is 36.1 Å². The molecular weight excluding hydrogens is 304 g/mol. The third-order valence-corrected chi connectivity index (χ3v) is 5.21. The summed E-state index contributed by atoms with van der Waals surface area (Å²) >= 11 is 2.76. The standard InChI is InChI=1S/C14H16N4OS2/c19-12(16-11-5-1-2-6-11)9-20-14-17-13(18-21-14)10-4-3-7-15-8-10/h3-4,7-8,11H,1-2,5-6,9H2,(H,16,19). The van der Waals surface area contributed by atoms with Gasteiger partial charge in [-0.1, -0.05) is 24.6 Å². The Morgan fingerprint density at radius 2 is 2.29 bits per heavy atom. The Balaban J connectivity index is 1.51. The van der Waals surface area contributed by atoms with Crippen LogP contribution in [0.4, 0.5) is 0 Å². The lowest BCUT2D eigenvalue weighted by atomic mass is 10.2. The minimum atomic E-state index is 0.0880. The first-order valence-electron chi connectivity index (χ1n) is 6.97. The van der Waals surface area contributed by atoms with Crippen molar-refractivity contribution in [2.75, 3.05) is 5.75 Å². The second-order valence-corrected chi connectivity index (χ2v) is 6.94. The Bertz CT molecular complexity index is 596. The van der Waals surface area contributed by atoms with Crippen molar-refractivity contribution in [2.45, 2.75) is 36.1 Å². The number of aromatic nitrogens is 3. The first-order valence-corrected chi connectivity index (χ1v) is 8.73. The van der Waals surface area contributed by atoms with Crippen molar-refractivity contribution in [3.8, 4) is 11.4 Å². The van der Waals surface area contributed by atoms with Crippen LogP contribution in [0, 0.1) is 0 Å². The Hall–Kier alpha value is -1.47. The third kappa shape index (κ3) is 4.01. The molecule has 0 saturated heterocycles. The molecule has 1 aliphatic carbocycles. The summed E-state index contributed by atoms with van der Waals surface area (Å²) in [7, 11) is 0. The van der Waals surface area contributed by atoms with Gasteiger partial charge >= 0.3 is 0 Å². The predicted molar refractivity (Wildman–Crippen MR) is 84.3 cm³/mol. The van der Waals surface area contributed by atoms with Crippen molar-refractivity contribution in [1.29, 1.82) is 0 Å². The average Bonchev–Trinajstić information content (AvgIpc) is 3.17. The van der Waals surface area contributed by atoms with Gasteiger partial charge in [0.25, 0.3) is 0 Å². The maximum Gasteiger partial charge on any atom is 0.230 e. The summed E-state index contributed by atoms with van der Waals surface area (Å²) in [6.45, 7) is 0. The summed E-state index contributed by atoms with van der Waals surface area (Å²) in [6.07, 6.45) is 8.13. The van der Waals surface area contributed by atoms with Gasteiger partial charge in [-0.15, -0.1) is 0 Å². The first-order chi connectivity index (χ1) is 10.3. The molecule has 0 aliphatic heterocycles. The molecule has 2 aromatic rings. The van der Waals surface area contributed by atoms with Crippen molar-refractivity contribution >= 4 is 29.2 Å². The summed E-state index contributed by atoms with van der Waals surface area (Å²) in [5.41, 5.74) is 0.899. The Morgan fingerprint density at radius 3 is 3.05 bits per heavy atom. The van der Waals surface area contributed by atoms with Crippen molar-refractivity contribution in [3.63, 3.8) is 0 Å². The number of nitrogens with zero attached hydrogens (tertiary/aromatic N) is 3. The number of carbonyl (C=O) groups is 1. The van der Waals surface area contributed by atoms with Crippen LogP contribution in [0.3, 0.4) is 0 Å². The minimum absolute atomic E-state index is 0.0880. The molecule has 1 aliphatic rings. The highest BCUT2D eigenvalue weighted by molar-refractivity contribution is 8.01. The van der Waals surface area contributed by atoms with Crippen LogP contribution < -0.4 is 5.32 Å². The zero-order valence-corrected chi connectivity index (χ0v) is 13.1. The lowest BCUT2D eigenvalue weighted by Crippen LogP contribution is -2.33. The van der Waals surface area contributed by atoms with E-state index in [0.717, 1.165) is 22.7 Å². The van der Waals surface area contributed by atoms with Crippen molar-refractivity contribution in [3.05, 3.63) is 24.5 Å². The van der Waals surface area contributed by atoms with Gasteiger partial charge in [0.05, 0.1) is 5.75 Å². The zero-order valence-electron chi connectivity index (χ0n) is 11.5. The van der Waals surface area contributed by atoms with Crippen LogP contribution in [0.2, 0.25) is 0 Å². The number of nitrogens with one attached hydrogen (secondary N) is 1. The van der Waals surface area contributed by atoms with Gasteiger partial charge in [0, 0.05) is 24.0 Å². The fourth-order valence-corrected chi connectivity index (χ4v) is 3.77. The molecule has 1 fully saturated rings. The number of hydrogen-bond acceptors (Lipinski definition) is 6. The van der Waals surface area contributed by atoms with Crippen LogP contribution in [-0.4, -0.2) is 32.0 Å². The van der Waals surface area contributed by atoms with Crippen molar-refractivity contribution < 1.29 is 4.79 Å². The molecule has 1 saturated carbocycles. The number of thioether (sulfide) groups is 1. The molecule has 2 heterocycles. The molecule has 110 valence electrons. The van der Waals surface area contributed by atoms with Crippen LogP contribution in [-0.2, 0) is 4.79 Å². The smallest absolute Gasteiger partial charge is 0.230 e. The average molecular weight is 320 g/mol. The molecule has 2 aromatic heterocycles. The van der Waals surface area contributed by atoms with Crippen LogP contribution >= 0.6 is 23.3 Å². The van der Waals surface area contributed by atoms with E-state index >= 15 is 0 Å². The summed E-state index contributed by atoms with van der Waals surface area (Å²) in [6, 6.07) is 4.16. The summed E-state index contributed by atoms with van der Waals surface area (Å²) in [5, 5.41) is 3.07. The molecule has 0 aromatic carbocycles. The van der Waals surface area contributed by atoms with E-state index in [2.05, 4.69) is 19.7 Å². The molecule has 0 unspecified atom stereocenters. The molecule has 0 radical (unpaired) electrons. The number of carbonyl (C=O) groups excluding carboxylic acids is 1. The van der Waals surface area contributed by atoms with Gasteiger partial charge in [-0.05, 0) is 36.5 Å². The quantitative estimate of drug-likeness (QED) is 0.858. The number of pyridine rings is 1. The van der Waals surface area contributed by atoms with E-state index in [1.807, 2.05) is 12.1 Å². The van der Waals surface area contributed by atoms with E-state index < -0.39 is 0 Å². The maximum absolute atomic E-state index is 11.9. The number of rotatable bonds is 5. The highest BCUT2D eigenvalue weighted by atomic mass is 32.2. The number of hydrogen-bond donors (Lipinski definition) is 1. The lowest BCUT2D eigenvalue weighted by molar-refractivity contribution is -0.119. The van der Waals surface area contributed by atoms with Crippen molar-refractivity contribution in [2.24, 2.45) is 0 Å². The molecule has 3 rings (SSSR count). The Labute approximate surface area is 131 Å². The first kappa shape index (κ1) is 14.5. The van der Waals surface area contributed by atoms with E-state index in [4.69, 9.17) is 0 Å². The normalized spacial score (nSPS) is 15.2. The highest BCUT2D eigenvalue weighted by Gasteiger charge is 2.17. The zero-order chi connectivity index (χ0) is 14.5. The topological polar surface area (TPSA) is 67.8 Å². The predicted octanol–water partition coefficient (Wildman–Crippen LogP) is 2.75. The van der Waals surface area contributed by atoms with Crippen LogP contribution in [0.25, 0.3) is 11.4 Å². The van der Waals surface area contributed by atoms with Gasteiger partial charge in [0.2, 0.25) is 5.91 Å². The number of amides is 1. The van der Waals surface area contributed by atoms with E-state index in [-0.39, 0.29) is 5.91 Å². The second-order valence-electron chi connectivity index (χ2n) is 4.96. The second kappa shape index (κ2) is 7.00. The molecule has 1 amide bonds. The van der Waals surface area contributed by atoms with Crippen LogP contribution in [0.15, 0.2) is 28.9 Å². The molecule has 21 heavy (non-hydrogen) atoms. The molecule has 1 N–H and O–H groups in total. The minimum Gasteiger partial charge on any atom is -0.353 e. The monoisotopic (exact) mass is 320 g/mol. The van der Waals surface area contributed by atoms with Gasteiger partial charge < -0.3 is 5.32 Å². The molecule has 7 heteroatoms. The van der Waals surface area contributed by atoms with E-state index in [0.29, 0.717) is 17.6 Å². The Morgan fingerprint density at radius 1 is 1.43 bits per heavy atom. The molecule has 0 bridgehead atoms. The fourth-order valence-electron chi connectivity index (χ4n) is 2.35. The largest absolute Gasteiger partial charge is 0.353 e. The van der Waals surface area contributed by atoms with E-state index in [1.54, 1.807) is 12.4 Å². The van der Waals surface area contributed by atoms with Crippen LogP contribution in [0.5, 0.6) is 0 Å². The molecular formula is C14H16N4OS2. The molecule has 0 spiro atoms. The fraction of sp³-hybridized carbons (Fsp3) is 0.429.